The van der Waals surface area contributed by atoms with E-state index in [4.69, 9.17) is 24.6 Å². The van der Waals surface area contributed by atoms with Crippen LogP contribution >= 0.6 is 0 Å². The van der Waals surface area contributed by atoms with Crippen LogP contribution in [0.25, 0.3) is 0 Å². The lowest BCUT2D eigenvalue weighted by atomic mass is 10.1. The highest BCUT2D eigenvalue weighted by molar-refractivity contribution is 5.44. The lowest BCUT2D eigenvalue weighted by molar-refractivity contribution is 0.0772. The van der Waals surface area contributed by atoms with E-state index in [1.165, 1.54) is 7.11 Å². The lowest BCUT2D eigenvalue weighted by Crippen LogP contribution is -2.05. The van der Waals surface area contributed by atoms with Crippen molar-refractivity contribution >= 4 is 0 Å². The standard InChI is InChI=1S/C13H17NO4/c1-16-11-5-4-10(8-12(11)17-2)13(9-14)18-7-3-6-15/h4-5,8,13,15H,3,6-7H2,1-2H3. The first-order valence-corrected chi connectivity index (χ1v) is 5.60. The van der Waals surface area contributed by atoms with Crippen molar-refractivity contribution in [3.05, 3.63) is 23.8 Å². The molecule has 5 nitrogen and oxygen atoms in total. The zero-order chi connectivity index (χ0) is 13.4. The van der Waals surface area contributed by atoms with Gasteiger partial charge in [-0.2, -0.15) is 5.26 Å². The molecule has 0 heterocycles. The van der Waals surface area contributed by atoms with Crippen LogP contribution in [0.1, 0.15) is 18.1 Å². The number of ether oxygens (including phenoxy) is 3. The van der Waals surface area contributed by atoms with Crippen LogP contribution in [0.15, 0.2) is 18.2 Å². The minimum atomic E-state index is -0.670. The SMILES string of the molecule is COc1ccc(C(C#N)OCCCO)cc1OC. The van der Waals surface area contributed by atoms with Gasteiger partial charge in [-0.05, 0) is 24.1 Å². The number of rotatable bonds is 7. The van der Waals surface area contributed by atoms with Gasteiger partial charge >= 0.3 is 0 Å². The van der Waals surface area contributed by atoms with E-state index in [0.717, 1.165) is 0 Å². The Bertz CT molecular complexity index is 414. The lowest BCUT2D eigenvalue weighted by Gasteiger charge is -2.13. The second-order valence-corrected chi connectivity index (χ2v) is 3.57. The molecular weight excluding hydrogens is 234 g/mol. The van der Waals surface area contributed by atoms with Gasteiger partial charge in [-0.25, -0.2) is 0 Å². The zero-order valence-electron chi connectivity index (χ0n) is 10.5. The van der Waals surface area contributed by atoms with Crippen molar-refractivity contribution in [2.45, 2.75) is 12.5 Å². The molecule has 0 aliphatic carbocycles. The molecule has 0 aliphatic rings. The Hall–Kier alpha value is -1.77. The van der Waals surface area contributed by atoms with E-state index in [2.05, 4.69) is 6.07 Å². The van der Waals surface area contributed by atoms with Crippen LogP contribution in [-0.4, -0.2) is 32.5 Å². The Kier molecular flexibility index (Phi) is 5.98. The number of nitriles is 1. The topological polar surface area (TPSA) is 71.7 Å². The van der Waals surface area contributed by atoms with Gasteiger partial charge in [0.05, 0.1) is 26.9 Å². The van der Waals surface area contributed by atoms with Crippen molar-refractivity contribution in [3.8, 4) is 17.6 Å². The first-order chi connectivity index (χ1) is 8.76. The number of aliphatic hydroxyl groups is 1. The summed E-state index contributed by atoms with van der Waals surface area (Å²) in [6, 6.07) is 7.27. The van der Waals surface area contributed by atoms with Gasteiger partial charge < -0.3 is 19.3 Å². The van der Waals surface area contributed by atoms with E-state index in [1.807, 2.05) is 0 Å². The minimum absolute atomic E-state index is 0.0457. The second kappa shape index (κ2) is 7.54. The Labute approximate surface area is 107 Å². The van der Waals surface area contributed by atoms with Gasteiger partial charge in [0.1, 0.15) is 0 Å². The molecule has 1 unspecified atom stereocenters. The van der Waals surface area contributed by atoms with Crippen molar-refractivity contribution < 1.29 is 19.3 Å². The summed E-state index contributed by atoms with van der Waals surface area (Å²) < 4.78 is 15.7. The Morgan fingerprint density at radius 1 is 1.28 bits per heavy atom. The van der Waals surface area contributed by atoms with Crippen molar-refractivity contribution in [1.82, 2.24) is 0 Å². The molecule has 0 fully saturated rings. The molecule has 0 aliphatic heterocycles. The first kappa shape index (κ1) is 14.3. The van der Waals surface area contributed by atoms with Gasteiger partial charge in [-0.3, -0.25) is 0 Å². The molecule has 18 heavy (non-hydrogen) atoms. The average molecular weight is 251 g/mol. The van der Waals surface area contributed by atoms with Gasteiger partial charge in [-0.15, -0.1) is 0 Å². The van der Waals surface area contributed by atoms with Gasteiger partial charge in [0.2, 0.25) is 0 Å². The number of hydrogen-bond donors (Lipinski definition) is 1. The summed E-state index contributed by atoms with van der Waals surface area (Å²) in [6.07, 6.45) is -0.165. The van der Waals surface area contributed by atoms with Crippen molar-refractivity contribution in [2.75, 3.05) is 27.4 Å². The van der Waals surface area contributed by atoms with Gasteiger partial charge in [0.25, 0.3) is 0 Å². The van der Waals surface area contributed by atoms with Gasteiger partial charge in [0.15, 0.2) is 17.6 Å². The Balaban J connectivity index is 2.83. The highest BCUT2D eigenvalue weighted by Crippen LogP contribution is 2.30. The molecule has 0 bridgehead atoms. The van der Waals surface area contributed by atoms with E-state index in [1.54, 1.807) is 25.3 Å². The molecule has 5 heteroatoms. The molecule has 0 radical (unpaired) electrons. The summed E-state index contributed by atoms with van der Waals surface area (Å²) in [5.74, 6) is 1.16. The fourth-order valence-corrected chi connectivity index (χ4v) is 1.49. The largest absolute Gasteiger partial charge is 0.493 e. The molecule has 1 N–H and O–H groups in total. The molecule has 0 spiro atoms. The third-order valence-electron chi connectivity index (χ3n) is 2.41. The third kappa shape index (κ3) is 3.62. The molecule has 1 aromatic rings. The molecule has 1 rings (SSSR count). The fourth-order valence-electron chi connectivity index (χ4n) is 1.49. The zero-order valence-corrected chi connectivity index (χ0v) is 10.5. The Morgan fingerprint density at radius 2 is 2.00 bits per heavy atom. The maximum atomic E-state index is 9.06. The Morgan fingerprint density at radius 3 is 2.56 bits per heavy atom. The molecule has 98 valence electrons. The van der Waals surface area contributed by atoms with Crippen molar-refractivity contribution in [1.29, 1.82) is 5.26 Å². The van der Waals surface area contributed by atoms with Crippen LogP contribution in [0, 0.1) is 11.3 Å². The number of hydrogen-bond acceptors (Lipinski definition) is 5. The molecule has 0 saturated heterocycles. The average Bonchev–Trinajstić information content (AvgIpc) is 2.43. The van der Waals surface area contributed by atoms with E-state index < -0.39 is 6.10 Å². The maximum absolute atomic E-state index is 9.06. The molecule has 0 saturated carbocycles. The van der Waals surface area contributed by atoms with Gasteiger partial charge in [0, 0.05) is 6.61 Å². The second-order valence-electron chi connectivity index (χ2n) is 3.57. The summed E-state index contributed by atoms with van der Waals surface area (Å²) in [4.78, 5) is 0. The highest BCUT2D eigenvalue weighted by atomic mass is 16.5. The van der Waals surface area contributed by atoms with Crippen molar-refractivity contribution in [3.63, 3.8) is 0 Å². The van der Waals surface area contributed by atoms with E-state index in [0.29, 0.717) is 30.1 Å². The van der Waals surface area contributed by atoms with E-state index in [9.17, 15) is 0 Å². The van der Waals surface area contributed by atoms with Crippen LogP contribution in [0.2, 0.25) is 0 Å². The summed E-state index contributed by atoms with van der Waals surface area (Å²) >= 11 is 0. The first-order valence-electron chi connectivity index (χ1n) is 5.60. The number of methoxy groups -OCH3 is 2. The fraction of sp³-hybridized carbons (Fsp3) is 0.462. The predicted molar refractivity (Wildman–Crippen MR) is 65.6 cm³/mol. The van der Waals surface area contributed by atoms with E-state index >= 15 is 0 Å². The summed E-state index contributed by atoms with van der Waals surface area (Å²) in [7, 11) is 3.09. The van der Waals surface area contributed by atoms with Crippen LogP contribution in [0.3, 0.4) is 0 Å². The van der Waals surface area contributed by atoms with Crippen LogP contribution in [0.5, 0.6) is 11.5 Å². The van der Waals surface area contributed by atoms with Crippen LogP contribution in [0.4, 0.5) is 0 Å². The number of benzene rings is 1. The quantitative estimate of drug-likeness (QED) is 0.746. The summed E-state index contributed by atoms with van der Waals surface area (Å²) in [5.41, 5.74) is 0.702. The minimum Gasteiger partial charge on any atom is -0.493 e. The van der Waals surface area contributed by atoms with Crippen LogP contribution in [-0.2, 0) is 4.74 Å². The molecule has 0 amide bonds. The molecule has 0 aromatic heterocycles. The monoisotopic (exact) mass is 251 g/mol. The predicted octanol–water partition coefficient (Wildman–Crippen LogP) is 1.67. The highest BCUT2D eigenvalue weighted by Gasteiger charge is 2.14. The van der Waals surface area contributed by atoms with Crippen molar-refractivity contribution in [2.24, 2.45) is 0 Å². The molecular formula is C13H17NO4. The number of aliphatic hydroxyl groups excluding tert-OH is 1. The van der Waals surface area contributed by atoms with Crippen LogP contribution < -0.4 is 9.47 Å². The normalized spacial score (nSPS) is 11.7. The third-order valence-corrected chi connectivity index (χ3v) is 2.41. The number of nitrogens with zero attached hydrogens (tertiary/aromatic N) is 1. The molecule has 1 aromatic carbocycles. The molecule has 1 atom stereocenters. The smallest absolute Gasteiger partial charge is 0.169 e. The summed E-state index contributed by atoms with van der Waals surface area (Å²) in [5, 5.41) is 17.7. The maximum Gasteiger partial charge on any atom is 0.169 e. The van der Waals surface area contributed by atoms with Gasteiger partial charge in [-0.1, -0.05) is 6.07 Å². The van der Waals surface area contributed by atoms with E-state index in [-0.39, 0.29) is 6.61 Å². The summed E-state index contributed by atoms with van der Waals surface area (Å²) in [6.45, 7) is 0.382.